The number of hydrogen-bond acceptors (Lipinski definition) is 6. The number of aromatic amines is 1. The van der Waals surface area contributed by atoms with Crippen molar-refractivity contribution in [1.29, 1.82) is 0 Å². The number of aryl methyl sites for hydroxylation is 1. The Morgan fingerprint density at radius 2 is 1.79 bits per heavy atom. The highest BCUT2D eigenvalue weighted by Crippen LogP contribution is 2.37. The zero-order chi connectivity index (χ0) is 23.5. The number of aromatic nitrogens is 3. The number of nitrogens with one attached hydrogen (secondary N) is 2. The number of likely N-dealkylation sites (N-methyl/N-ethyl adjacent to an activating group) is 1. The molecule has 0 saturated carbocycles. The van der Waals surface area contributed by atoms with E-state index in [0.29, 0.717) is 6.61 Å². The summed E-state index contributed by atoms with van der Waals surface area (Å²) >= 11 is 0. The maximum atomic E-state index is 9.43. The Labute approximate surface area is 199 Å². The molecule has 1 aliphatic carbocycles. The van der Waals surface area contributed by atoms with E-state index in [9.17, 15) is 5.21 Å². The summed E-state index contributed by atoms with van der Waals surface area (Å²) in [5.74, 6) is 1.65. The lowest BCUT2D eigenvalue weighted by Gasteiger charge is -2.11. The summed E-state index contributed by atoms with van der Waals surface area (Å²) in [5, 5.41) is 9.43. The molecule has 4 aromatic rings. The van der Waals surface area contributed by atoms with Crippen LogP contribution in [0.5, 0.6) is 5.75 Å². The molecule has 2 aromatic carbocycles. The van der Waals surface area contributed by atoms with E-state index in [1.807, 2.05) is 50.5 Å². The van der Waals surface area contributed by atoms with Gasteiger partial charge in [-0.05, 0) is 80.5 Å². The molecule has 5 rings (SSSR count). The number of hydroxylamine groups is 1. The first-order chi connectivity index (χ1) is 16.6. The highest BCUT2D eigenvalue weighted by molar-refractivity contribution is 5.81. The number of hydrogen-bond donors (Lipinski definition) is 3. The molecule has 1 unspecified atom stereocenters. The Kier molecular flexibility index (Phi) is 6.40. The molecule has 0 amide bonds. The zero-order valence-corrected chi connectivity index (χ0v) is 19.5. The van der Waals surface area contributed by atoms with E-state index in [4.69, 9.17) is 9.72 Å². The largest absolute Gasteiger partial charge is 0.492 e. The first kappa shape index (κ1) is 22.3. The van der Waals surface area contributed by atoms with Crippen molar-refractivity contribution in [1.82, 2.24) is 25.3 Å². The van der Waals surface area contributed by atoms with Gasteiger partial charge in [-0.1, -0.05) is 12.1 Å². The smallest absolute Gasteiger partial charge is 0.138 e. The Hall–Kier alpha value is -3.52. The number of rotatable bonds is 8. The molecular weight excluding hydrogens is 426 g/mol. The summed E-state index contributed by atoms with van der Waals surface area (Å²) in [5.41, 5.74) is 9.75. The zero-order valence-electron chi connectivity index (χ0n) is 19.5. The molecule has 0 saturated heterocycles. The molecule has 0 fully saturated rings. The third-order valence-electron chi connectivity index (χ3n) is 6.26. The predicted molar refractivity (Wildman–Crippen MR) is 133 cm³/mol. The number of H-pyrrole nitrogens is 1. The summed E-state index contributed by atoms with van der Waals surface area (Å²) < 4.78 is 5.83. The van der Waals surface area contributed by atoms with E-state index in [1.165, 1.54) is 5.56 Å². The third kappa shape index (κ3) is 4.59. The molecule has 34 heavy (non-hydrogen) atoms. The first-order valence-electron chi connectivity index (χ1n) is 11.5. The van der Waals surface area contributed by atoms with Crippen molar-refractivity contribution in [2.75, 3.05) is 27.2 Å². The maximum absolute atomic E-state index is 9.43. The van der Waals surface area contributed by atoms with Gasteiger partial charge >= 0.3 is 0 Å². The second-order valence-electron chi connectivity index (χ2n) is 8.85. The SMILES string of the molecule is CN(C)CCOc1ccc(-c2nc(-c3ccc4c(c3)CCC4NO)c(-c3ccncc3)[nH]2)cc1. The molecule has 174 valence electrons. The highest BCUT2D eigenvalue weighted by Gasteiger charge is 2.23. The Morgan fingerprint density at radius 3 is 2.53 bits per heavy atom. The molecule has 0 aliphatic heterocycles. The van der Waals surface area contributed by atoms with E-state index in [2.05, 4.69) is 38.5 Å². The molecule has 2 heterocycles. The summed E-state index contributed by atoms with van der Waals surface area (Å²) in [6.07, 6.45) is 5.40. The number of nitrogens with zero attached hydrogens (tertiary/aromatic N) is 3. The molecule has 7 nitrogen and oxygen atoms in total. The van der Waals surface area contributed by atoms with Gasteiger partial charge in [0.15, 0.2) is 0 Å². The van der Waals surface area contributed by atoms with Gasteiger partial charge in [0.05, 0.1) is 17.4 Å². The molecule has 0 spiro atoms. The highest BCUT2D eigenvalue weighted by atomic mass is 16.5. The molecule has 1 atom stereocenters. The molecule has 2 aromatic heterocycles. The summed E-state index contributed by atoms with van der Waals surface area (Å²) in [6, 6.07) is 18.4. The van der Waals surface area contributed by atoms with Crippen LogP contribution < -0.4 is 10.2 Å². The molecular formula is C27H29N5O2. The van der Waals surface area contributed by atoms with E-state index < -0.39 is 0 Å². The fraction of sp³-hybridized carbons (Fsp3) is 0.259. The fourth-order valence-corrected chi connectivity index (χ4v) is 4.40. The average molecular weight is 456 g/mol. The predicted octanol–water partition coefficient (Wildman–Crippen LogP) is 4.71. The third-order valence-corrected chi connectivity index (χ3v) is 6.26. The van der Waals surface area contributed by atoms with E-state index in [1.54, 1.807) is 12.4 Å². The summed E-state index contributed by atoms with van der Waals surface area (Å²) in [6.45, 7) is 1.52. The Balaban J connectivity index is 1.49. The van der Waals surface area contributed by atoms with Crippen LogP contribution in [0.1, 0.15) is 23.6 Å². The summed E-state index contributed by atoms with van der Waals surface area (Å²) in [4.78, 5) is 14.8. The van der Waals surface area contributed by atoms with Gasteiger partial charge in [-0.15, -0.1) is 0 Å². The quantitative estimate of drug-likeness (QED) is 0.334. The van der Waals surface area contributed by atoms with Crippen LogP contribution in [0.3, 0.4) is 0 Å². The number of ether oxygens (including phenoxy) is 1. The molecule has 0 radical (unpaired) electrons. The van der Waals surface area contributed by atoms with E-state index >= 15 is 0 Å². The van der Waals surface area contributed by atoms with E-state index in [-0.39, 0.29) is 6.04 Å². The van der Waals surface area contributed by atoms with Gasteiger partial charge in [-0.2, -0.15) is 5.48 Å². The number of imidazole rings is 1. The van der Waals surface area contributed by atoms with Crippen LogP contribution in [-0.4, -0.2) is 52.3 Å². The number of pyridine rings is 1. The van der Waals surface area contributed by atoms with Crippen molar-refractivity contribution in [3.05, 3.63) is 78.1 Å². The first-order valence-corrected chi connectivity index (χ1v) is 11.5. The second kappa shape index (κ2) is 9.77. The van der Waals surface area contributed by atoms with Gasteiger partial charge in [0, 0.05) is 35.6 Å². The fourth-order valence-electron chi connectivity index (χ4n) is 4.40. The lowest BCUT2D eigenvalue weighted by molar-refractivity contribution is 0.126. The lowest BCUT2D eigenvalue weighted by Crippen LogP contribution is -2.19. The normalized spacial score (nSPS) is 15.0. The molecule has 1 aliphatic rings. The molecule has 0 bridgehead atoms. The van der Waals surface area contributed by atoms with Crippen LogP contribution in [0.2, 0.25) is 0 Å². The lowest BCUT2D eigenvalue weighted by atomic mass is 10.0. The van der Waals surface area contributed by atoms with Gasteiger partial charge in [-0.25, -0.2) is 4.98 Å². The van der Waals surface area contributed by atoms with Crippen LogP contribution in [0, 0.1) is 0 Å². The van der Waals surface area contributed by atoms with Crippen molar-refractivity contribution in [3.63, 3.8) is 0 Å². The minimum absolute atomic E-state index is 0.00285. The Morgan fingerprint density at radius 1 is 1.03 bits per heavy atom. The molecule has 3 N–H and O–H groups in total. The van der Waals surface area contributed by atoms with Crippen LogP contribution in [-0.2, 0) is 6.42 Å². The van der Waals surface area contributed by atoms with Crippen molar-refractivity contribution >= 4 is 0 Å². The van der Waals surface area contributed by atoms with Crippen LogP contribution in [0.15, 0.2) is 67.0 Å². The minimum Gasteiger partial charge on any atom is -0.492 e. The number of benzene rings is 2. The average Bonchev–Trinajstić information content (AvgIpc) is 3.49. The second-order valence-corrected chi connectivity index (χ2v) is 8.85. The van der Waals surface area contributed by atoms with Gasteiger partial charge in [0.1, 0.15) is 18.2 Å². The van der Waals surface area contributed by atoms with Crippen LogP contribution >= 0.6 is 0 Å². The van der Waals surface area contributed by atoms with Crippen LogP contribution in [0.25, 0.3) is 33.9 Å². The van der Waals surface area contributed by atoms with E-state index in [0.717, 1.165) is 64.6 Å². The van der Waals surface area contributed by atoms with Gasteiger partial charge in [0.25, 0.3) is 0 Å². The van der Waals surface area contributed by atoms with Gasteiger partial charge in [0.2, 0.25) is 0 Å². The van der Waals surface area contributed by atoms with Crippen LogP contribution in [0.4, 0.5) is 0 Å². The van der Waals surface area contributed by atoms with Gasteiger partial charge < -0.3 is 19.8 Å². The topological polar surface area (TPSA) is 86.3 Å². The van der Waals surface area contributed by atoms with Crippen molar-refractivity contribution < 1.29 is 9.94 Å². The number of fused-ring (bicyclic) bond motifs is 1. The Bertz CT molecular complexity index is 1250. The standard InChI is InChI=1S/C27H29N5O2/c1-32(2)15-16-34-22-7-3-19(4-8-22)27-29-25(18-11-13-28-14-12-18)26(30-27)21-5-9-23-20(17-21)6-10-24(23)31-33/h3-5,7-9,11-14,17,24,31,33H,6,10,15-16H2,1-2H3,(H,29,30). The minimum atomic E-state index is -0.00285. The monoisotopic (exact) mass is 455 g/mol. The van der Waals surface area contributed by atoms with Crippen molar-refractivity contribution in [2.45, 2.75) is 18.9 Å². The van der Waals surface area contributed by atoms with Crippen molar-refractivity contribution in [2.24, 2.45) is 0 Å². The van der Waals surface area contributed by atoms with Gasteiger partial charge in [-0.3, -0.25) is 4.98 Å². The van der Waals surface area contributed by atoms with Crippen molar-refractivity contribution in [3.8, 4) is 39.7 Å². The maximum Gasteiger partial charge on any atom is 0.138 e. The molecule has 7 heteroatoms. The summed E-state index contributed by atoms with van der Waals surface area (Å²) in [7, 11) is 4.06.